The van der Waals surface area contributed by atoms with E-state index >= 15 is 0 Å². The van der Waals surface area contributed by atoms with Crippen LogP contribution in [0.1, 0.15) is 27.2 Å². The maximum atomic E-state index is 11.2. The Morgan fingerprint density at radius 2 is 1.93 bits per heavy atom. The summed E-state index contributed by atoms with van der Waals surface area (Å²) in [7, 11) is 0. The average Bonchev–Trinajstić information content (AvgIpc) is 3.24. The number of fused-ring (bicyclic) bond motifs is 1. The highest BCUT2D eigenvalue weighted by Gasteiger charge is 2.17. The number of hydrogen-bond donors (Lipinski definition) is 1. The maximum Gasteiger partial charge on any atom is 0.356 e. The highest BCUT2D eigenvalue weighted by molar-refractivity contribution is 7.15. The molecule has 136 valence electrons. The maximum absolute atomic E-state index is 11.2. The summed E-state index contributed by atoms with van der Waals surface area (Å²) in [5.74, 6) is -0.260. The fraction of sp³-hybridized carbons (Fsp3) is 0.143. The van der Waals surface area contributed by atoms with Gasteiger partial charge in [-0.3, -0.25) is 4.40 Å². The number of aryl methyl sites for hydroxylation is 2. The molecule has 0 saturated carbocycles. The van der Waals surface area contributed by atoms with E-state index in [1.165, 1.54) is 11.3 Å². The monoisotopic (exact) mass is 378 g/mol. The van der Waals surface area contributed by atoms with E-state index in [1.54, 1.807) is 6.20 Å². The normalized spacial score (nSPS) is 11.0. The molecule has 0 aliphatic heterocycles. The number of rotatable bonds is 5. The molecule has 0 fully saturated rings. The average molecular weight is 378 g/mol. The van der Waals surface area contributed by atoms with Gasteiger partial charge in [-0.1, -0.05) is 30.3 Å². The summed E-state index contributed by atoms with van der Waals surface area (Å²) < 4.78 is 7.95. The van der Waals surface area contributed by atoms with Gasteiger partial charge in [0.15, 0.2) is 10.7 Å². The molecule has 6 heteroatoms. The number of nitrogens with zero attached hydrogens (tertiary/aromatic N) is 2. The Bertz CT molecular complexity index is 1130. The van der Waals surface area contributed by atoms with Crippen LogP contribution in [0.25, 0.3) is 16.2 Å². The van der Waals surface area contributed by atoms with Gasteiger partial charge in [0.1, 0.15) is 12.4 Å². The zero-order valence-corrected chi connectivity index (χ0v) is 15.8. The minimum absolute atomic E-state index is 0.0405. The molecule has 2 aromatic carbocycles. The van der Waals surface area contributed by atoms with Crippen molar-refractivity contribution in [1.82, 2.24) is 9.38 Å². The zero-order valence-electron chi connectivity index (χ0n) is 15.0. The fourth-order valence-electron chi connectivity index (χ4n) is 2.93. The Morgan fingerprint density at radius 1 is 1.19 bits per heavy atom. The number of benzene rings is 2. The van der Waals surface area contributed by atoms with E-state index in [4.69, 9.17) is 4.74 Å². The van der Waals surface area contributed by atoms with Crippen LogP contribution < -0.4 is 4.74 Å². The third-order valence-electron chi connectivity index (χ3n) is 4.54. The molecule has 0 aliphatic carbocycles. The van der Waals surface area contributed by atoms with Gasteiger partial charge in [0.05, 0.1) is 5.69 Å². The van der Waals surface area contributed by atoms with Crippen molar-refractivity contribution < 1.29 is 14.6 Å². The van der Waals surface area contributed by atoms with Crippen LogP contribution in [0.4, 0.5) is 0 Å². The van der Waals surface area contributed by atoms with Gasteiger partial charge in [0.2, 0.25) is 0 Å². The summed E-state index contributed by atoms with van der Waals surface area (Å²) in [6, 6.07) is 14.1. The van der Waals surface area contributed by atoms with E-state index in [0.29, 0.717) is 11.6 Å². The van der Waals surface area contributed by atoms with Crippen LogP contribution in [0.3, 0.4) is 0 Å². The zero-order chi connectivity index (χ0) is 19.0. The quantitative estimate of drug-likeness (QED) is 0.533. The van der Waals surface area contributed by atoms with Gasteiger partial charge < -0.3 is 9.84 Å². The summed E-state index contributed by atoms with van der Waals surface area (Å²) in [6.07, 6.45) is 1.56. The minimum Gasteiger partial charge on any atom is -0.488 e. The van der Waals surface area contributed by atoms with Crippen molar-refractivity contribution in [2.45, 2.75) is 20.5 Å². The highest BCUT2D eigenvalue weighted by atomic mass is 32.1. The van der Waals surface area contributed by atoms with Gasteiger partial charge in [-0.05, 0) is 42.7 Å². The lowest BCUT2D eigenvalue weighted by Crippen LogP contribution is -1.99. The summed E-state index contributed by atoms with van der Waals surface area (Å²) >= 11 is 1.41. The van der Waals surface area contributed by atoms with Gasteiger partial charge in [0, 0.05) is 17.1 Å². The lowest BCUT2D eigenvalue weighted by molar-refractivity contribution is 0.0691. The lowest BCUT2D eigenvalue weighted by Gasteiger charge is -2.14. The molecule has 4 rings (SSSR count). The first-order chi connectivity index (χ1) is 13.0. The molecule has 0 bridgehead atoms. The van der Waals surface area contributed by atoms with Crippen LogP contribution in [-0.4, -0.2) is 20.5 Å². The van der Waals surface area contributed by atoms with Gasteiger partial charge in [-0.15, -0.1) is 11.3 Å². The van der Waals surface area contributed by atoms with Crippen molar-refractivity contribution >= 4 is 22.3 Å². The molecule has 0 amide bonds. The van der Waals surface area contributed by atoms with Crippen molar-refractivity contribution in [3.05, 3.63) is 76.4 Å². The first-order valence-corrected chi connectivity index (χ1v) is 9.39. The number of carbonyl (C=O) groups is 1. The van der Waals surface area contributed by atoms with Crippen LogP contribution in [0, 0.1) is 13.8 Å². The molecule has 0 aliphatic rings. The number of carboxylic acid groups (broad SMARTS) is 1. The Morgan fingerprint density at radius 3 is 2.67 bits per heavy atom. The highest BCUT2D eigenvalue weighted by Crippen LogP contribution is 2.36. The van der Waals surface area contributed by atoms with Crippen molar-refractivity contribution in [3.63, 3.8) is 0 Å². The molecule has 5 nitrogen and oxygen atoms in total. The van der Waals surface area contributed by atoms with Crippen LogP contribution in [0.2, 0.25) is 0 Å². The molecule has 0 radical (unpaired) electrons. The van der Waals surface area contributed by atoms with Crippen LogP contribution in [0.15, 0.2) is 54.0 Å². The largest absolute Gasteiger partial charge is 0.488 e. The third kappa shape index (κ3) is 3.31. The SMILES string of the molecule is Cc1cc(OCc2ccccc2)c(-c2csc3nc(C(=O)O)cn23)cc1C. The van der Waals surface area contributed by atoms with Crippen molar-refractivity contribution in [2.24, 2.45) is 0 Å². The summed E-state index contributed by atoms with van der Waals surface area (Å²) in [5, 5.41) is 11.2. The van der Waals surface area contributed by atoms with Gasteiger partial charge >= 0.3 is 5.97 Å². The van der Waals surface area contributed by atoms with E-state index in [2.05, 4.69) is 24.9 Å². The van der Waals surface area contributed by atoms with E-state index in [9.17, 15) is 9.90 Å². The second-order valence-corrected chi connectivity index (χ2v) is 7.25. The minimum atomic E-state index is -1.03. The number of ether oxygens (including phenoxy) is 1. The third-order valence-corrected chi connectivity index (χ3v) is 5.38. The molecular formula is C21H18N2O3S. The van der Waals surface area contributed by atoms with Crippen molar-refractivity contribution in [2.75, 3.05) is 0 Å². The summed E-state index contributed by atoms with van der Waals surface area (Å²) in [6.45, 7) is 4.57. The number of carboxylic acids is 1. The van der Waals surface area contributed by atoms with Gasteiger partial charge in [-0.2, -0.15) is 0 Å². The Hall–Kier alpha value is -3.12. The summed E-state index contributed by atoms with van der Waals surface area (Å²) in [4.78, 5) is 16.1. The molecule has 1 N–H and O–H groups in total. The molecule has 2 aromatic heterocycles. The molecule has 0 unspecified atom stereocenters. The van der Waals surface area contributed by atoms with Crippen LogP contribution >= 0.6 is 11.3 Å². The van der Waals surface area contributed by atoms with E-state index in [-0.39, 0.29) is 5.69 Å². The molecule has 27 heavy (non-hydrogen) atoms. The van der Waals surface area contributed by atoms with Crippen molar-refractivity contribution in [3.8, 4) is 17.0 Å². The topological polar surface area (TPSA) is 63.8 Å². The van der Waals surface area contributed by atoms with Crippen LogP contribution in [0.5, 0.6) is 5.75 Å². The van der Waals surface area contributed by atoms with Crippen molar-refractivity contribution in [1.29, 1.82) is 0 Å². The number of thiazole rings is 1. The molecule has 0 saturated heterocycles. The van der Waals surface area contributed by atoms with E-state index in [1.807, 2.05) is 46.2 Å². The second kappa shape index (κ2) is 6.89. The summed E-state index contributed by atoms with van der Waals surface area (Å²) in [5.41, 5.74) is 5.22. The molecule has 2 heterocycles. The standard InChI is InChI=1S/C21H18N2O3S/c1-13-8-16(18-12-27-21-22-17(20(24)25)10-23(18)21)19(9-14(13)2)26-11-15-6-4-3-5-7-15/h3-10,12H,11H2,1-2H3,(H,24,25). The first kappa shape index (κ1) is 17.3. The molecule has 4 aromatic rings. The molecule has 0 atom stereocenters. The van der Waals surface area contributed by atoms with Gasteiger partial charge in [0.25, 0.3) is 0 Å². The first-order valence-electron chi connectivity index (χ1n) is 8.51. The van der Waals surface area contributed by atoms with E-state index in [0.717, 1.165) is 33.7 Å². The Balaban J connectivity index is 1.77. The van der Waals surface area contributed by atoms with Crippen LogP contribution in [-0.2, 0) is 6.61 Å². The number of hydrogen-bond acceptors (Lipinski definition) is 4. The predicted octanol–water partition coefficient (Wildman–Crippen LogP) is 4.96. The number of aromatic carboxylic acids is 1. The fourth-order valence-corrected chi connectivity index (χ4v) is 3.80. The smallest absolute Gasteiger partial charge is 0.356 e. The van der Waals surface area contributed by atoms with E-state index < -0.39 is 5.97 Å². The molecule has 0 spiro atoms. The Labute approximate surface area is 160 Å². The molecular weight excluding hydrogens is 360 g/mol. The number of aromatic nitrogens is 2. The van der Waals surface area contributed by atoms with Gasteiger partial charge in [-0.25, -0.2) is 9.78 Å². The Kier molecular flexibility index (Phi) is 4.41. The second-order valence-electron chi connectivity index (χ2n) is 6.41. The lowest BCUT2D eigenvalue weighted by atomic mass is 10.0. The predicted molar refractivity (Wildman–Crippen MR) is 106 cm³/mol. The number of imidazole rings is 1.